The predicted molar refractivity (Wildman–Crippen MR) is 35.0 cm³/mol. The lowest BCUT2D eigenvalue weighted by Crippen LogP contribution is -2.13. The highest BCUT2D eigenvalue weighted by Crippen LogP contribution is 1.90. The Morgan fingerprint density at radius 2 is 2.60 bits per heavy atom. The van der Waals surface area contributed by atoms with E-state index in [2.05, 4.69) is 10.0 Å². The Bertz CT molecular complexity index is 167. The molecule has 0 amide bonds. The van der Waals surface area contributed by atoms with Crippen LogP contribution in [0, 0.1) is 11.3 Å². The minimum atomic E-state index is -0.596. The summed E-state index contributed by atoms with van der Waals surface area (Å²) in [4.78, 5) is 2.50. The molecule has 0 aromatic carbocycles. The first-order valence-corrected chi connectivity index (χ1v) is 2.87. The number of nitrogens with zero attached hydrogens (tertiary/aromatic N) is 4. The summed E-state index contributed by atoms with van der Waals surface area (Å²) in [6.45, 7) is 2.32. The van der Waals surface area contributed by atoms with Crippen LogP contribution in [0.25, 0.3) is 10.4 Å². The molecule has 0 fully saturated rings. The van der Waals surface area contributed by atoms with E-state index < -0.39 is 6.10 Å². The molecule has 0 heterocycles. The molecular formula is C5H8N4O. The normalized spacial score (nSPS) is 11.2. The molecule has 0 rings (SSSR count). The molecule has 0 aromatic heterocycles. The molecule has 0 radical (unpaired) electrons. The third-order valence-corrected chi connectivity index (χ3v) is 0.823. The molecule has 0 aliphatic rings. The van der Waals surface area contributed by atoms with Crippen LogP contribution in [0.3, 0.4) is 0 Å². The summed E-state index contributed by atoms with van der Waals surface area (Å²) >= 11 is 0. The third kappa shape index (κ3) is 3.72. The second-order valence-corrected chi connectivity index (χ2v) is 1.49. The zero-order valence-electron chi connectivity index (χ0n) is 5.69. The first kappa shape index (κ1) is 8.76. The average Bonchev–Trinajstić information content (AvgIpc) is 1.98. The van der Waals surface area contributed by atoms with Crippen molar-refractivity contribution in [2.45, 2.75) is 13.0 Å². The Morgan fingerprint density at radius 3 is 3.00 bits per heavy atom. The van der Waals surface area contributed by atoms with Crippen molar-refractivity contribution in [3.8, 4) is 6.07 Å². The van der Waals surface area contributed by atoms with Gasteiger partial charge in [-0.1, -0.05) is 5.11 Å². The van der Waals surface area contributed by atoms with Gasteiger partial charge < -0.3 is 4.74 Å². The average molecular weight is 140 g/mol. The number of hydrogen-bond donors (Lipinski definition) is 0. The Balaban J connectivity index is 3.62. The van der Waals surface area contributed by atoms with Gasteiger partial charge in [0.2, 0.25) is 0 Å². The smallest absolute Gasteiger partial charge is 0.149 e. The van der Waals surface area contributed by atoms with Gasteiger partial charge in [0.15, 0.2) is 0 Å². The highest BCUT2D eigenvalue weighted by molar-refractivity contribution is 4.85. The molecule has 1 atom stereocenters. The highest BCUT2D eigenvalue weighted by Gasteiger charge is 2.02. The molecule has 0 N–H and O–H groups in total. The molecule has 5 heteroatoms. The maximum atomic E-state index is 8.33. The van der Waals surface area contributed by atoms with Crippen molar-refractivity contribution in [3.05, 3.63) is 10.4 Å². The third-order valence-electron chi connectivity index (χ3n) is 0.823. The maximum absolute atomic E-state index is 8.33. The van der Waals surface area contributed by atoms with Crippen LogP contribution in [0.4, 0.5) is 0 Å². The number of ether oxygens (including phenoxy) is 1. The van der Waals surface area contributed by atoms with Crippen molar-refractivity contribution in [1.29, 1.82) is 5.26 Å². The largest absolute Gasteiger partial charge is 0.363 e. The van der Waals surface area contributed by atoms with Crippen LogP contribution < -0.4 is 0 Å². The number of rotatable bonds is 4. The second kappa shape index (κ2) is 5.89. The van der Waals surface area contributed by atoms with Crippen LogP contribution >= 0.6 is 0 Å². The van der Waals surface area contributed by atoms with Crippen molar-refractivity contribution in [3.63, 3.8) is 0 Å². The summed E-state index contributed by atoms with van der Waals surface area (Å²) in [6, 6.07) is 1.85. The van der Waals surface area contributed by atoms with E-state index in [9.17, 15) is 0 Å². The van der Waals surface area contributed by atoms with Crippen molar-refractivity contribution < 1.29 is 4.74 Å². The van der Waals surface area contributed by atoms with E-state index in [4.69, 9.17) is 15.5 Å². The lowest BCUT2D eigenvalue weighted by Gasteiger charge is -2.02. The predicted octanol–water partition coefficient (Wildman–Crippen LogP) is 1.23. The van der Waals surface area contributed by atoms with Gasteiger partial charge in [-0.2, -0.15) is 5.26 Å². The van der Waals surface area contributed by atoms with E-state index in [1.807, 2.05) is 6.07 Å². The fraction of sp³-hybridized carbons (Fsp3) is 0.800. The molecule has 0 saturated heterocycles. The topological polar surface area (TPSA) is 81.8 Å². The molecule has 0 spiro atoms. The van der Waals surface area contributed by atoms with Gasteiger partial charge in [0, 0.05) is 11.5 Å². The van der Waals surface area contributed by atoms with E-state index in [1.54, 1.807) is 6.92 Å². The SMILES string of the molecule is CCOC(C#N)CN=[N+]=[N-]. The Kier molecular flexibility index (Phi) is 5.16. The summed E-state index contributed by atoms with van der Waals surface area (Å²) in [5.41, 5.74) is 7.87. The van der Waals surface area contributed by atoms with E-state index in [-0.39, 0.29) is 6.54 Å². The van der Waals surface area contributed by atoms with Gasteiger partial charge >= 0.3 is 0 Å². The van der Waals surface area contributed by atoms with Crippen LogP contribution in [-0.2, 0) is 4.74 Å². The van der Waals surface area contributed by atoms with Gasteiger partial charge in [0.05, 0.1) is 12.6 Å². The summed E-state index contributed by atoms with van der Waals surface area (Å²) in [5.74, 6) is 0. The Labute approximate surface area is 58.8 Å². The zero-order valence-corrected chi connectivity index (χ0v) is 5.69. The van der Waals surface area contributed by atoms with Crippen LogP contribution in [-0.4, -0.2) is 19.3 Å². The van der Waals surface area contributed by atoms with E-state index in [1.165, 1.54) is 0 Å². The van der Waals surface area contributed by atoms with Gasteiger partial charge in [-0.3, -0.25) is 0 Å². The zero-order chi connectivity index (χ0) is 7.82. The van der Waals surface area contributed by atoms with Gasteiger partial charge in [0.25, 0.3) is 0 Å². The molecule has 0 aliphatic carbocycles. The molecule has 0 aliphatic heterocycles. The van der Waals surface area contributed by atoms with Crippen molar-refractivity contribution in [1.82, 2.24) is 0 Å². The summed E-state index contributed by atoms with van der Waals surface area (Å²) in [5, 5.41) is 11.5. The van der Waals surface area contributed by atoms with E-state index in [0.717, 1.165) is 0 Å². The van der Waals surface area contributed by atoms with Gasteiger partial charge in [-0.25, -0.2) is 0 Å². The number of nitriles is 1. The van der Waals surface area contributed by atoms with Crippen LogP contribution in [0.15, 0.2) is 5.11 Å². The van der Waals surface area contributed by atoms with Crippen LogP contribution in [0.5, 0.6) is 0 Å². The number of azide groups is 1. The second-order valence-electron chi connectivity index (χ2n) is 1.49. The van der Waals surface area contributed by atoms with Crippen molar-refractivity contribution in [2.75, 3.05) is 13.2 Å². The minimum Gasteiger partial charge on any atom is -0.363 e. The molecule has 5 nitrogen and oxygen atoms in total. The van der Waals surface area contributed by atoms with E-state index in [0.29, 0.717) is 6.61 Å². The fourth-order valence-corrected chi connectivity index (χ4v) is 0.443. The lowest BCUT2D eigenvalue weighted by atomic mass is 10.4. The summed E-state index contributed by atoms with van der Waals surface area (Å²) in [7, 11) is 0. The molecule has 54 valence electrons. The van der Waals surface area contributed by atoms with E-state index >= 15 is 0 Å². The van der Waals surface area contributed by atoms with Crippen molar-refractivity contribution in [2.24, 2.45) is 5.11 Å². The summed E-state index contributed by atoms with van der Waals surface area (Å²) in [6.07, 6.45) is -0.596. The molecule has 10 heavy (non-hydrogen) atoms. The fourth-order valence-electron chi connectivity index (χ4n) is 0.443. The van der Waals surface area contributed by atoms with Crippen LogP contribution in [0.1, 0.15) is 6.92 Å². The van der Waals surface area contributed by atoms with Gasteiger partial charge in [0.1, 0.15) is 6.10 Å². The van der Waals surface area contributed by atoms with Crippen LogP contribution in [0.2, 0.25) is 0 Å². The monoisotopic (exact) mass is 140 g/mol. The highest BCUT2D eigenvalue weighted by atomic mass is 16.5. The van der Waals surface area contributed by atoms with Gasteiger partial charge in [-0.05, 0) is 12.5 Å². The standard InChI is InChI=1S/C5H8N4O/c1-2-10-5(3-6)4-8-9-7/h5H,2,4H2,1H3. The minimum absolute atomic E-state index is 0.0842. The van der Waals surface area contributed by atoms with Crippen molar-refractivity contribution >= 4 is 0 Å². The Morgan fingerprint density at radius 1 is 1.90 bits per heavy atom. The summed E-state index contributed by atoms with van der Waals surface area (Å²) < 4.78 is 4.87. The first-order valence-electron chi connectivity index (χ1n) is 2.87. The molecule has 0 bridgehead atoms. The molecular weight excluding hydrogens is 132 g/mol. The number of hydrogen-bond acceptors (Lipinski definition) is 3. The molecule has 0 aromatic rings. The maximum Gasteiger partial charge on any atom is 0.149 e. The first-order chi connectivity index (χ1) is 4.85. The lowest BCUT2D eigenvalue weighted by molar-refractivity contribution is 0.107. The molecule has 0 saturated carbocycles. The quantitative estimate of drug-likeness (QED) is 0.334. The van der Waals surface area contributed by atoms with Gasteiger partial charge in [-0.15, -0.1) is 0 Å². The molecule has 1 unspecified atom stereocenters. The Hall–Kier alpha value is -1.24.